The van der Waals surface area contributed by atoms with Crippen molar-refractivity contribution < 1.29 is 0 Å². The van der Waals surface area contributed by atoms with Crippen LogP contribution in [-0.2, 0) is 0 Å². The zero-order valence-corrected chi connectivity index (χ0v) is 9.48. The normalized spacial score (nSPS) is 16.7. The SMILES string of the molecule is CC(C)n1cncc1C=CCNC1CC1. The Hall–Kier alpha value is -1.09. The van der Waals surface area contributed by atoms with Crippen molar-refractivity contribution in [3.63, 3.8) is 0 Å². The van der Waals surface area contributed by atoms with Gasteiger partial charge in [-0.1, -0.05) is 6.08 Å². The first-order valence-electron chi connectivity index (χ1n) is 5.69. The standard InChI is InChI=1S/C12H19N3/c1-10(2)15-9-13-8-12(15)4-3-7-14-11-5-6-11/h3-4,8-11,14H,5-7H2,1-2H3. The summed E-state index contributed by atoms with van der Waals surface area (Å²) in [5, 5.41) is 3.45. The highest BCUT2D eigenvalue weighted by molar-refractivity contribution is 5.44. The molecule has 0 amide bonds. The van der Waals surface area contributed by atoms with Gasteiger partial charge in [-0.05, 0) is 32.8 Å². The van der Waals surface area contributed by atoms with Crippen molar-refractivity contribution in [1.82, 2.24) is 14.9 Å². The van der Waals surface area contributed by atoms with Crippen LogP contribution in [0.3, 0.4) is 0 Å². The van der Waals surface area contributed by atoms with E-state index in [1.54, 1.807) is 0 Å². The van der Waals surface area contributed by atoms with Crippen molar-refractivity contribution in [3.05, 3.63) is 24.3 Å². The maximum atomic E-state index is 4.16. The highest BCUT2D eigenvalue weighted by Crippen LogP contribution is 2.18. The summed E-state index contributed by atoms with van der Waals surface area (Å²) in [6, 6.07) is 1.26. The third-order valence-electron chi connectivity index (χ3n) is 2.64. The molecular weight excluding hydrogens is 186 g/mol. The minimum atomic E-state index is 0.476. The van der Waals surface area contributed by atoms with Crippen LogP contribution in [0, 0.1) is 0 Å². The molecule has 1 saturated carbocycles. The summed E-state index contributed by atoms with van der Waals surface area (Å²) in [5.74, 6) is 0. The third-order valence-corrected chi connectivity index (χ3v) is 2.64. The Morgan fingerprint density at radius 1 is 1.60 bits per heavy atom. The Morgan fingerprint density at radius 2 is 2.40 bits per heavy atom. The number of imidazole rings is 1. The van der Waals surface area contributed by atoms with Crippen LogP contribution in [-0.4, -0.2) is 22.1 Å². The first-order valence-corrected chi connectivity index (χ1v) is 5.69. The number of rotatable bonds is 5. The largest absolute Gasteiger partial charge is 0.329 e. The van der Waals surface area contributed by atoms with Crippen LogP contribution >= 0.6 is 0 Å². The molecule has 1 aliphatic rings. The van der Waals surface area contributed by atoms with Crippen molar-refractivity contribution in [3.8, 4) is 0 Å². The minimum Gasteiger partial charge on any atom is -0.329 e. The summed E-state index contributed by atoms with van der Waals surface area (Å²) in [6.45, 7) is 5.30. The molecule has 15 heavy (non-hydrogen) atoms. The molecule has 2 rings (SSSR count). The molecule has 1 aromatic heterocycles. The van der Waals surface area contributed by atoms with E-state index in [1.165, 1.54) is 18.5 Å². The molecule has 0 aromatic carbocycles. The van der Waals surface area contributed by atoms with Crippen LogP contribution in [0.5, 0.6) is 0 Å². The van der Waals surface area contributed by atoms with Gasteiger partial charge in [0.05, 0.1) is 18.2 Å². The van der Waals surface area contributed by atoms with Gasteiger partial charge in [0.15, 0.2) is 0 Å². The highest BCUT2D eigenvalue weighted by Gasteiger charge is 2.18. The van der Waals surface area contributed by atoms with Crippen LogP contribution in [0.15, 0.2) is 18.6 Å². The molecule has 1 N–H and O–H groups in total. The summed E-state index contributed by atoms with van der Waals surface area (Å²) in [5.41, 5.74) is 1.18. The van der Waals surface area contributed by atoms with E-state index in [2.05, 4.69) is 40.9 Å². The van der Waals surface area contributed by atoms with Crippen molar-refractivity contribution in [2.75, 3.05) is 6.54 Å². The van der Waals surface area contributed by atoms with Gasteiger partial charge in [0, 0.05) is 18.6 Å². The topological polar surface area (TPSA) is 29.9 Å². The van der Waals surface area contributed by atoms with Crippen LogP contribution in [0.2, 0.25) is 0 Å². The highest BCUT2D eigenvalue weighted by atomic mass is 15.1. The van der Waals surface area contributed by atoms with Gasteiger partial charge in [0.2, 0.25) is 0 Å². The van der Waals surface area contributed by atoms with Crippen LogP contribution in [0.1, 0.15) is 38.4 Å². The second-order valence-corrected chi connectivity index (χ2v) is 4.40. The van der Waals surface area contributed by atoms with Gasteiger partial charge in [-0.25, -0.2) is 4.98 Å². The summed E-state index contributed by atoms with van der Waals surface area (Å²) in [7, 11) is 0. The molecule has 1 fully saturated rings. The van der Waals surface area contributed by atoms with Crippen molar-refractivity contribution >= 4 is 6.08 Å². The molecule has 0 unspecified atom stereocenters. The molecule has 0 saturated heterocycles. The van der Waals surface area contributed by atoms with Gasteiger partial charge in [-0.2, -0.15) is 0 Å². The average Bonchev–Trinajstić information content (AvgIpc) is 2.90. The van der Waals surface area contributed by atoms with E-state index in [9.17, 15) is 0 Å². The lowest BCUT2D eigenvalue weighted by atomic mass is 10.3. The van der Waals surface area contributed by atoms with Gasteiger partial charge in [0.1, 0.15) is 0 Å². The average molecular weight is 205 g/mol. The monoisotopic (exact) mass is 205 g/mol. The predicted octanol–water partition coefficient (Wildman–Crippen LogP) is 2.23. The fourth-order valence-electron chi connectivity index (χ4n) is 1.58. The van der Waals surface area contributed by atoms with Crippen LogP contribution in [0.4, 0.5) is 0 Å². The van der Waals surface area contributed by atoms with Crippen LogP contribution in [0.25, 0.3) is 6.08 Å². The van der Waals surface area contributed by atoms with Gasteiger partial charge in [-0.3, -0.25) is 0 Å². The molecule has 1 heterocycles. The predicted molar refractivity (Wildman–Crippen MR) is 62.7 cm³/mol. The Balaban J connectivity index is 1.87. The van der Waals surface area contributed by atoms with E-state index in [-0.39, 0.29) is 0 Å². The Labute approximate surface area is 91.2 Å². The molecule has 0 atom stereocenters. The lowest BCUT2D eigenvalue weighted by molar-refractivity contribution is 0.595. The molecule has 0 aliphatic heterocycles. The maximum absolute atomic E-state index is 4.16. The number of nitrogens with zero attached hydrogens (tertiary/aromatic N) is 2. The van der Waals surface area contributed by atoms with E-state index in [1.807, 2.05) is 12.5 Å². The van der Waals surface area contributed by atoms with E-state index < -0.39 is 0 Å². The van der Waals surface area contributed by atoms with Gasteiger partial charge in [0.25, 0.3) is 0 Å². The van der Waals surface area contributed by atoms with Gasteiger partial charge >= 0.3 is 0 Å². The second kappa shape index (κ2) is 4.62. The molecule has 0 bridgehead atoms. The molecule has 1 aromatic rings. The Bertz CT molecular complexity index is 334. The zero-order valence-electron chi connectivity index (χ0n) is 9.48. The fraction of sp³-hybridized carbons (Fsp3) is 0.583. The first kappa shape index (κ1) is 10.4. The van der Waals surface area contributed by atoms with Crippen molar-refractivity contribution in [2.45, 2.75) is 38.8 Å². The summed E-state index contributed by atoms with van der Waals surface area (Å²) in [6.07, 6.45) is 10.8. The van der Waals surface area contributed by atoms with E-state index in [0.29, 0.717) is 6.04 Å². The minimum absolute atomic E-state index is 0.476. The fourth-order valence-corrected chi connectivity index (χ4v) is 1.58. The third kappa shape index (κ3) is 2.93. The summed E-state index contributed by atoms with van der Waals surface area (Å²) >= 11 is 0. The zero-order chi connectivity index (χ0) is 10.7. The maximum Gasteiger partial charge on any atom is 0.0953 e. The van der Waals surface area contributed by atoms with Crippen LogP contribution < -0.4 is 5.32 Å². The summed E-state index contributed by atoms with van der Waals surface area (Å²) < 4.78 is 2.17. The van der Waals surface area contributed by atoms with E-state index in [4.69, 9.17) is 0 Å². The molecule has 3 nitrogen and oxygen atoms in total. The molecule has 0 radical (unpaired) electrons. The summed E-state index contributed by atoms with van der Waals surface area (Å²) in [4.78, 5) is 4.16. The van der Waals surface area contributed by atoms with Gasteiger partial charge < -0.3 is 9.88 Å². The second-order valence-electron chi connectivity index (χ2n) is 4.40. The van der Waals surface area contributed by atoms with Crippen molar-refractivity contribution in [1.29, 1.82) is 0 Å². The van der Waals surface area contributed by atoms with Gasteiger partial charge in [-0.15, -0.1) is 0 Å². The number of hydrogen-bond donors (Lipinski definition) is 1. The number of nitrogens with one attached hydrogen (secondary N) is 1. The van der Waals surface area contributed by atoms with E-state index in [0.717, 1.165) is 12.6 Å². The Kier molecular flexibility index (Phi) is 3.21. The van der Waals surface area contributed by atoms with E-state index >= 15 is 0 Å². The number of aromatic nitrogens is 2. The molecule has 0 spiro atoms. The molecule has 82 valence electrons. The smallest absolute Gasteiger partial charge is 0.0953 e. The lowest BCUT2D eigenvalue weighted by Crippen LogP contribution is -2.15. The molecule has 3 heteroatoms. The quantitative estimate of drug-likeness (QED) is 0.799. The molecule has 1 aliphatic carbocycles. The van der Waals surface area contributed by atoms with Crippen molar-refractivity contribution in [2.24, 2.45) is 0 Å². The Morgan fingerprint density at radius 3 is 3.07 bits per heavy atom. The molecular formula is C12H19N3. The lowest BCUT2D eigenvalue weighted by Gasteiger charge is -2.08. The number of hydrogen-bond acceptors (Lipinski definition) is 2. The first-order chi connectivity index (χ1) is 7.27.